The average molecular weight is 295 g/mol. The van der Waals surface area contributed by atoms with Gasteiger partial charge in [-0.3, -0.25) is 9.69 Å². The van der Waals surface area contributed by atoms with Crippen LogP contribution in [-0.2, 0) is 4.79 Å². The van der Waals surface area contributed by atoms with E-state index in [2.05, 4.69) is 36.3 Å². The number of carbonyl (C=O) groups excluding carboxylic acids is 1. The minimum Gasteiger partial charge on any atom is -0.355 e. The number of amides is 1. The quantitative estimate of drug-likeness (QED) is 0.837. The van der Waals surface area contributed by atoms with Crippen molar-refractivity contribution < 1.29 is 4.79 Å². The largest absolute Gasteiger partial charge is 0.355 e. The molecule has 4 heteroatoms. The van der Waals surface area contributed by atoms with Crippen molar-refractivity contribution in [3.8, 4) is 0 Å². The summed E-state index contributed by atoms with van der Waals surface area (Å²) in [5.74, 6) is 0.893. The van der Waals surface area contributed by atoms with E-state index >= 15 is 0 Å². The molecule has 0 bridgehead atoms. The number of piperazine rings is 1. The second kappa shape index (κ2) is 7.10. The van der Waals surface area contributed by atoms with Crippen LogP contribution in [-0.4, -0.2) is 49.1 Å². The first-order valence-electron chi connectivity index (χ1n) is 8.69. The third-order valence-electron chi connectivity index (χ3n) is 5.21. The molecule has 1 heterocycles. The van der Waals surface area contributed by atoms with Crippen LogP contribution in [0.1, 0.15) is 53.4 Å². The Morgan fingerprint density at radius 3 is 2.67 bits per heavy atom. The molecule has 1 saturated heterocycles. The summed E-state index contributed by atoms with van der Waals surface area (Å²) in [6.07, 6.45) is 5.21. The Labute approximate surface area is 130 Å². The summed E-state index contributed by atoms with van der Waals surface area (Å²) < 4.78 is 0. The molecule has 1 saturated carbocycles. The zero-order valence-electron chi connectivity index (χ0n) is 14.2. The molecule has 1 amide bonds. The highest BCUT2D eigenvalue weighted by atomic mass is 16.2. The lowest BCUT2D eigenvalue weighted by atomic mass is 9.68. The van der Waals surface area contributed by atoms with Crippen molar-refractivity contribution in [1.29, 1.82) is 0 Å². The summed E-state index contributed by atoms with van der Waals surface area (Å²) in [6, 6.07) is 0.570. The Bertz CT molecular complexity index is 350. The van der Waals surface area contributed by atoms with Crippen molar-refractivity contribution >= 4 is 5.91 Å². The minimum absolute atomic E-state index is 0.00616. The molecule has 0 spiro atoms. The lowest BCUT2D eigenvalue weighted by Gasteiger charge is -2.49. The number of hydrogen-bond donors (Lipinski definition) is 2. The van der Waals surface area contributed by atoms with Crippen molar-refractivity contribution in [2.24, 2.45) is 11.3 Å². The van der Waals surface area contributed by atoms with Crippen LogP contribution >= 0.6 is 0 Å². The summed E-state index contributed by atoms with van der Waals surface area (Å²) in [6.45, 7) is 12.6. The zero-order chi connectivity index (χ0) is 15.5. The maximum absolute atomic E-state index is 12.4. The highest BCUT2D eigenvalue weighted by molar-refractivity contribution is 5.82. The SMILES string of the molecule is CCNC(=O)C1CNCCN1C1CCCCC1C(C)(C)C. The fourth-order valence-electron chi connectivity index (χ4n) is 4.17. The zero-order valence-corrected chi connectivity index (χ0v) is 14.2. The Balaban J connectivity index is 2.16. The number of hydrogen-bond acceptors (Lipinski definition) is 3. The molecule has 2 fully saturated rings. The number of likely N-dealkylation sites (N-methyl/N-ethyl adjacent to an activating group) is 1. The highest BCUT2D eigenvalue weighted by Gasteiger charge is 2.41. The van der Waals surface area contributed by atoms with E-state index in [1.165, 1.54) is 25.7 Å². The molecule has 2 aliphatic rings. The molecule has 3 unspecified atom stereocenters. The van der Waals surface area contributed by atoms with Gasteiger partial charge in [0.15, 0.2) is 0 Å². The van der Waals surface area contributed by atoms with Crippen molar-refractivity contribution in [3.63, 3.8) is 0 Å². The van der Waals surface area contributed by atoms with Gasteiger partial charge in [0.1, 0.15) is 6.04 Å². The number of nitrogens with zero attached hydrogens (tertiary/aromatic N) is 1. The van der Waals surface area contributed by atoms with Gasteiger partial charge in [0.05, 0.1) is 0 Å². The maximum Gasteiger partial charge on any atom is 0.238 e. The lowest BCUT2D eigenvalue weighted by Crippen LogP contribution is -2.63. The van der Waals surface area contributed by atoms with E-state index < -0.39 is 0 Å². The molecule has 1 aliphatic carbocycles. The molecular weight excluding hydrogens is 262 g/mol. The lowest BCUT2D eigenvalue weighted by molar-refractivity contribution is -0.129. The Morgan fingerprint density at radius 2 is 2.00 bits per heavy atom. The van der Waals surface area contributed by atoms with E-state index in [4.69, 9.17) is 0 Å². The standard InChI is InChI=1S/C17H33N3O/c1-5-19-16(21)15-12-18-10-11-20(15)14-9-7-6-8-13(14)17(2,3)4/h13-15,18H,5-12H2,1-4H3,(H,19,21). The highest BCUT2D eigenvalue weighted by Crippen LogP contribution is 2.41. The fourth-order valence-corrected chi connectivity index (χ4v) is 4.17. The smallest absolute Gasteiger partial charge is 0.238 e. The number of nitrogens with one attached hydrogen (secondary N) is 2. The van der Waals surface area contributed by atoms with E-state index in [-0.39, 0.29) is 11.9 Å². The van der Waals surface area contributed by atoms with Gasteiger partial charge in [-0.05, 0) is 31.1 Å². The first-order valence-corrected chi connectivity index (χ1v) is 8.69. The van der Waals surface area contributed by atoms with Crippen LogP contribution in [0.3, 0.4) is 0 Å². The van der Waals surface area contributed by atoms with E-state index in [1.807, 2.05) is 6.92 Å². The minimum atomic E-state index is 0.00616. The van der Waals surface area contributed by atoms with Crippen molar-refractivity contribution in [1.82, 2.24) is 15.5 Å². The normalized spacial score (nSPS) is 31.9. The maximum atomic E-state index is 12.4. The first kappa shape index (κ1) is 16.8. The van der Waals surface area contributed by atoms with Crippen molar-refractivity contribution in [3.05, 3.63) is 0 Å². The summed E-state index contributed by atoms with van der Waals surface area (Å²) in [5.41, 5.74) is 0.321. The van der Waals surface area contributed by atoms with Gasteiger partial charge < -0.3 is 10.6 Å². The van der Waals surface area contributed by atoms with Crippen LogP contribution in [0.2, 0.25) is 0 Å². The Kier molecular flexibility index (Phi) is 5.67. The first-order chi connectivity index (χ1) is 9.95. The van der Waals surface area contributed by atoms with Crippen LogP contribution in [0.5, 0.6) is 0 Å². The molecule has 0 aromatic rings. The van der Waals surface area contributed by atoms with Crippen molar-refractivity contribution in [2.75, 3.05) is 26.2 Å². The van der Waals surface area contributed by atoms with Crippen LogP contribution in [0.15, 0.2) is 0 Å². The summed E-state index contributed by atoms with van der Waals surface area (Å²) in [7, 11) is 0. The second-order valence-electron chi connectivity index (χ2n) is 7.68. The molecule has 0 aromatic heterocycles. The van der Waals surface area contributed by atoms with Gasteiger partial charge in [0.25, 0.3) is 0 Å². The van der Waals surface area contributed by atoms with Crippen molar-refractivity contribution in [2.45, 2.75) is 65.5 Å². The van der Waals surface area contributed by atoms with Gasteiger partial charge >= 0.3 is 0 Å². The topological polar surface area (TPSA) is 44.4 Å². The molecule has 4 nitrogen and oxygen atoms in total. The van der Waals surface area contributed by atoms with Gasteiger partial charge in [-0.2, -0.15) is 0 Å². The van der Waals surface area contributed by atoms with E-state index in [0.717, 1.165) is 26.2 Å². The molecule has 122 valence electrons. The molecule has 1 aliphatic heterocycles. The summed E-state index contributed by atoms with van der Waals surface area (Å²) in [5, 5.41) is 6.41. The second-order valence-corrected chi connectivity index (χ2v) is 7.68. The third-order valence-corrected chi connectivity index (χ3v) is 5.21. The molecular formula is C17H33N3O. The summed E-state index contributed by atoms with van der Waals surface area (Å²) in [4.78, 5) is 14.9. The Hall–Kier alpha value is -0.610. The van der Waals surface area contributed by atoms with E-state index in [1.54, 1.807) is 0 Å². The molecule has 21 heavy (non-hydrogen) atoms. The predicted molar refractivity (Wildman–Crippen MR) is 87.2 cm³/mol. The van der Waals surface area contributed by atoms with E-state index in [9.17, 15) is 4.79 Å². The number of rotatable bonds is 3. The van der Waals surface area contributed by atoms with Crippen LogP contribution in [0, 0.1) is 11.3 Å². The average Bonchev–Trinajstić information content (AvgIpc) is 2.46. The molecule has 0 aromatic carbocycles. The summed E-state index contributed by atoms with van der Waals surface area (Å²) >= 11 is 0. The van der Waals surface area contributed by atoms with Crippen LogP contribution in [0.25, 0.3) is 0 Å². The van der Waals surface area contributed by atoms with Gasteiger partial charge in [-0.1, -0.05) is 33.6 Å². The molecule has 2 N–H and O–H groups in total. The molecule has 3 atom stereocenters. The van der Waals surface area contributed by atoms with Gasteiger partial charge in [-0.25, -0.2) is 0 Å². The predicted octanol–water partition coefficient (Wildman–Crippen LogP) is 2.00. The molecule has 2 rings (SSSR count). The Morgan fingerprint density at radius 1 is 1.29 bits per heavy atom. The van der Waals surface area contributed by atoms with Gasteiger partial charge in [0, 0.05) is 32.2 Å². The fraction of sp³-hybridized carbons (Fsp3) is 0.941. The number of carbonyl (C=O) groups is 1. The van der Waals surface area contributed by atoms with Gasteiger partial charge in [-0.15, -0.1) is 0 Å². The molecule has 0 radical (unpaired) electrons. The van der Waals surface area contributed by atoms with Crippen LogP contribution < -0.4 is 10.6 Å². The van der Waals surface area contributed by atoms with E-state index in [0.29, 0.717) is 17.4 Å². The third kappa shape index (κ3) is 3.98. The van der Waals surface area contributed by atoms with Crippen LogP contribution in [0.4, 0.5) is 0 Å². The monoisotopic (exact) mass is 295 g/mol. The van der Waals surface area contributed by atoms with Gasteiger partial charge in [0.2, 0.25) is 5.91 Å².